The summed E-state index contributed by atoms with van der Waals surface area (Å²) in [4.78, 5) is 26.7. The number of ether oxygens (including phenoxy) is 1. The molecule has 1 fully saturated rings. The summed E-state index contributed by atoms with van der Waals surface area (Å²) in [6, 6.07) is 34.0. The largest absolute Gasteiger partial charge is 0.444 e. The van der Waals surface area contributed by atoms with E-state index < -0.39 is 11.1 Å². The number of benzene rings is 3. The molecule has 0 bridgehead atoms. The number of nitrogens with zero attached hydrogens (tertiary/aromatic N) is 5. The quantitative estimate of drug-likeness (QED) is 0.211. The molecule has 1 N–H and O–H groups in total. The molecule has 2 atom stereocenters. The molecule has 1 amide bonds. The van der Waals surface area contributed by atoms with Crippen LogP contribution in [0, 0.1) is 0 Å². The number of hydrogen-bond acceptors (Lipinski definition) is 6. The third kappa shape index (κ3) is 6.02. The average molecular weight is 603 g/mol. The predicted molar refractivity (Wildman–Crippen MR) is 179 cm³/mol. The predicted octanol–water partition coefficient (Wildman–Crippen LogP) is 6.62. The van der Waals surface area contributed by atoms with Crippen molar-refractivity contribution in [1.29, 1.82) is 0 Å². The van der Waals surface area contributed by atoms with E-state index in [2.05, 4.69) is 114 Å². The maximum absolute atomic E-state index is 13.1. The average Bonchev–Trinajstić information content (AvgIpc) is 3.47. The molecule has 3 aromatic carbocycles. The zero-order valence-corrected chi connectivity index (χ0v) is 26.7. The standard InChI is InChI=1S/C37H42N6O2/c1-36(2,3)45-35(44)42-24-30(23-31(25-42)41(4)5)40-33-32-21-22-43(34(32)39-26-38-33)37(27-15-9-6-10-16-27,28-17-11-7-12-18-28)29-19-13-8-14-20-29/h6-22,26,30-31H,23-25H2,1-5H3,(H,38,39,40)/t30-,31-/m0/s1. The molecule has 0 spiro atoms. The monoisotopic (exact) mass is 602 g/mol. The molecule has 1 aliphatic heterocycles. The minimum absolute atomic E-state index is 0.0257. The Hall–Kier alpha value is -4.69. The molecule has 0 radical (unpaired) electrons. The van der Waals surface area contributed by atoms with E-state index in [1.165, 1.54) is 0 Å². The zero-order valence-electron chi connectivity index (χ0n) is 26.7. The Morgan fingerprint density at radius 3 is 1.89 bits per heavy atom. The van der Waals surface area contributed by atoms with Crippen LogP contribution >= 0.6 is 0 Å². The molecule has 232 valence electrons. The Labute approximate surface area is 265 Å². The van der Waals surface area contributed by atoms with Crippen LogP contribution in [0.1, 0.15) is 43.9 Å². The number of likely N-dealkylation sites (tertiary alicyclic amines) is 1. The number of fused-ring (bicyclic) bond motifs is 1. The number of rotatable bonds is 7. The normalized spacial score (nSPS) is 17.4. The van der Waals surface area contributed by atoms with Gasteiger partial charge in [0.2, 0.25) is 0 Å². The third-order valence-electron chi connectivity index (χ3n) is 8.57. The Balaban J connectivity index is 1.45. The molecule has 2 aromatic heterocycles. The molecule has 5 aromatic rings. The summed E-state index contributed by atoms with van der Waals surface area (Å²) in [6.45, 7) is 6.83. The highest BCUT2D eigenvalue weighted by molar-refractivity contribution is 5.88. The summed E-state index contributed by atoms with van der Waals surface area (Å²) in [5, 5.41) is 4.62. The van der Waals surface area contributed by atoms with Gasteiger partial charge >= 0.3 is 6.09 Å². The van der Waals surface area contributed by atoms with Crippen molar-refractivity contribution in [3.05, 3.63) is 126 Å². The van der Waals surface area contributed by atoms with Crippen molar-refractivity contribution in [3.8, 4) is 0 Å². The third-order valence-corrected chi connectivity index (χ3v) is 8.57. The summed E-state index contributed by atoms with van der Waals surface area (Å²) < 4.78 is 8.02. The molecule has 1 saturated heterocycles. The van der Waals surface area contributed by atoms with E-state index in [0.717, 1.165) is 40.0 Å². The van der Waals surface area contributed by atoms with Gasteiger partial charge in [0.05, 0.1) is 5.39 Å². The molecular formula is C37H42N6O2. The van der Waals surface area contributed by atoms with Crippen LogP contribution in [0.15, 0.2) is 110 Å². The second kappa shape index (κ2) is 12.4. The molecule has 3 heterocycles. The molecule has 6 rings (SSSR count). The van der Waals surface area contributed by atoms with Crippen LogP contribution in [0.5, 0.6) is 0 Å². The number of amides is 1. The molecular weight excluding hydrogens is 560 g/mol. The van der Waals surface area contributed by atoms with Crippen molar-refractivity contribution in [1.82, 2.24) is 24.3 Å². The minimum atomic E-state index is -0.689. The van der Waals surface area contributed by atoms with Crippen molar-refractivity contribution < 1.29 is 9.53 Å². The van der Waals surface area contributed by atoms with Gasteiger partial charge in [0.1, 0.15) is 28.9 Å². The molecule has 8 nitrogen and oxygen atoms in total. The van der Waals surface area contributed by atoms with E-state index in [-0.39, 0.29) is 18.2 Å². The van der Waals surface area contributed by atoms with E-state index in [1.807, 2.05) is 43.9 Å². The van der Waals surface area contributed by atoms with Crippen LogP contribution in [-0.4, -0.2) is 75.3 Å². The first-order valence-corrected chi connectivity index (χ1v) is 15.6. The fourth-order valence-electron chi connectivity index (χ4n) is 6.51. The van der Waals surface area contributed by atoms with Crippen LogP contribution in [0.2, 0.25) is 0 Å². The summed E-state index contributed by atoms with van der Waals surface area (Å²) in [6.07, 6.45) is 4.32. The molecule has 45 heavy (non-hydrogen) atoms. The Bertz CT molecular complexity index is 1630. The lowest BCUT2D eigenvalue weighted by atomic mass is 9.76. The number of piperidine rings is 1. The van der Waals surface area contributed by atoms with Gasteiger partial charge in [-0.25, -0.2) is 14.8 Å². The van der Waals surface area contributed by atoms with Crippen LogP contribution < -0.4 is 5.32 Å². The minimum Gasteiger partial charge on any atom is -0.444 e. The first kappa shape index (κ1) is 30.3. The number of carbonyl (C=O) groups is 1. The van der Waals surface area contributed by atoms with Crippen molar-refractivity contribution >= 4 is 22.9 Å². The summed E-state index contributed by atoms with van der Waals surface area (Å²) >= 11 is 0. The lowest BCUT2D eigenvalue weighted by Gasteiger charge is -2.41. The summed E-state index contributed by atoms with van der Waals surface area (Å²) in [5.41, 5.74) is 2.94. The number of anilines is 1. The SMILES string of the molecule is CN(C)[C@H]1C[C@H](Nc2ncnc3c2ccn3C(c2ccccc2)(c2ccccc2)c2ccccc2)CN(C(=O)OC(C)(C)C)C1. The maximum Gasteiger partial charge on any atom is 0.410 e. The van der Waals surface area contributed by atoms with Gasteiger partial charge in [0.25, 0.3) is 0 Å². The van der Waals surface area contributed by atoms with Crippen LogP contribution in [-0.2, 0) is 10.3 Å². The first-order chi connectivity index (χ1) is 21.7. The lowest BCUT2D eigenvalue weighted by Crippen LogP contribution is -2.55. The van der Waals surface area contributed by atoms with Crippen molar-refractivity contribution in [3.63, 3.8) is 0 Å². The van der Waals surface area contributed by atoms with E-state index in [1.54, 1.807) is 6.33 Å². The van der Waals surface area contributed by atoms with Crippen molar-refractivity contribution in [2.45, 2.75) is 50.4 Å². The number of nitrogens with one attached hydrogen (secondary N) is 1. The van der Waals surface area contributed by atoms with Gasteiger partial charge in [-0.3, -0.25) is 0 Å². The number of aromatic nitrogens is 3. The van der Waals surface area contributed by atoms with Crippen LogP contribution in [0.3, 0.4) is 0 Å². The molecule has 0 unspecified atom stereocenters. The zero-order chi connectivity index (χ0) is 31.6. The van der Waals surface area contributed by atoms with Crippen molar-refractivity contribution in [2.24, 2.45) is 0 Å². The van der Waals surface area contributed by atoms with Gasteiger partial charge in [-0.1, -0.05) is 91.0 Å². The van der Waals surface area contributed by atoms with Crippen LogP contribution in [0.4, 0.5) is 10.6 Å². The fourth-order valence-corrected chi connectivity index (χ4v) is 6.51. The Morgan fingerprint density at radius 2 is 1.38 bits per heavy atom. The van der Waals surface area contributed by atoms with E-state index >= 15 is 0 Å². The Kier molecular flexibility index (Phi) is 8.34. The van der Waals surface area contributed by atoms with Gasteiger partial charge in [-0.05, 0) is 64.0 Å². The molecule has 0 aliphatic carbocycles. The second-order valence-electron chi connectivity index (χ2n) is 13.0. The van der Waals surface area contributed by atoms with Gasteiger partial charge < -0.3 is 24.4 Å². The number of likely N-dealkylation sites (N-methyl/N-ethyl adjacent to an activating group) is 1. The van der Waals surface area contributed by atoms with Crippen molar-refractivity contribution in [2.75, 3.05) is 32.5 Å². The molecule has 0 saturated carbocycles. The van der Waals surface area contributed by atoms with Gasteiger partial charge in [-0.2, -0.15) is 0 Å². The lowest BCUT2D eigenvalue weighted by molar-refractivity contribution is 0.0126. The van der Waals surface area contributed by atoms with E-state index in [9.17, 15) is 4.79 Å². The van der Waals surface area contributed by atoms with Crippen LogP contribution in [0.25, 0.3) is 11.0 Å². The second-order valence-corrected chi connectivity index (χ2v) is 13.0. The smallest absolute Gasteiger partial charge is 0.410 e. The van der Waals surface area contributed by atoms with E-state index in [4.69, 9.17) is 14.7 Å². The van der Waals surface area contributed by atoms with Gasteiger partial charge in [-0.15, -0.1) is 0 Å². The van der Waals surface area contributed by atoms with Gasteiger partial charge in [0, 0.05) is 31.4 Å². The summed E-state index contributed by atoms with van der Waals surface area (Å²) in [5.74, 6) is 0.746. The van der Waals surface area contributed by atoms with Gasteiger partial charge in [0.15, 0.2) is 0 Å². The fraction of sp³-hybridized carbons (Fsp3) is 0.324. The topological polar surface area (TPSA) is 75.5 Å². The first-order valence-electron chi connectivity index (χ1n) is 15.6. The van der Waals surface area contributed by atoms with E-state index in [0.29, 0.717) is 13.1 Å². The molecule has 8 heteroatoms. The number of hydrogen-bond donors (Lipinski definition) is 1. The Morgan fingerprint density at radius 1 is 0.822 bits per heavy atom. The highest BCUT2D eigenvalue weighted by Crippen LogP contribution is 2.43. The molecule has 1 aliphatic rings. The number of carbonyl (C=O) groups excluding carboxylic acids is 1. The highest BCUT2D eigenvalue weighted by atomic mass is 16.6. The highest BCUT2D eigenvalue weighted by Gasteiger charge is 2.40. The summed E-state index contributed by atoms with van der Waals surface area (Å²) in [7, 11) is 4.11. The maximum atomic E-state index is 13.1.